The molecule has 100 valence electrons. The third-order valence-corrected chi connectivity index (χ3v) is 3.33. The molecule has 0 aliphatic heterocycles. The van der Waals surface area contributed by atoms with E-state index in [0.29, 0.717) is 11.7 Å². The maximum Gasteiger partial charge on any atom is 0.136 e. The molecule has 0 saturated heterocycles. The van der Waals surface area contributed by atoms with E-state index in [-0.39, 0.29) is 0 Å². The van der Waals surface area contributed by atoms with E-state index < -0.39 is 0 Å². The van der Waals surface area contributed by atoms with Gasteiger partial charge >= 0.3 is 0 Å². The Morgan fingerprint density at radius 3 is 2.67 bits per heavy atom. The third-order valence-electron chi connectivity index (χ3n) is 3.33. The van der Waals surface area contributed by atoms with Crippen LogP contribution in [0.4, 0.5) is 11.6 Å². The van der Waals surface area contributed by atoms with Crippen molar-refractivity contribution < 1.29 is 0 Å². The van der Waals surface area contributed by atoms with Gasteiger partial charge in [-0.05, 0) is 25.9 Å². The van der Waals surface area contributed by atoms with Crippen LogP contribution in [0.15, 0.2) is 6.07 Å². The Balaban J connectivity index is 1.88. The van der Waals surface area contributed by atoms with Crippen molar-refractivity contribution in [2.75, 3.05) is 37.2 Å². The molecule has 1 aliphatic carbocycles. The number of hydrogen-bond acceptors (Lipinski definition) is 5. The Bertz CT molecular complexity index is 385. The molecular weight excluding hydrogens is 226 g/mol. The molecule has 0 amide bonds. The van der Waals surface area contributed by atoms with Crippen LogP contribution in [0.1, 0.15) is 38.4 Å². The monoisotopic (exact) mass is 249 g/mol. The van der Waals surface area contributed by atoms with Gasteiger partial charge in [-0.2, -0.15) is 0 Å². The zero-order valence-corrected chi connectivity index (χ0v) is 11.3. The number of hydrogen-bond donors (Lipinski definition) is 2. The molecule has 1 saturated carbocycles. The van der Waals surface area contributed by atoms with E-state index in [4.69, 9.17) is 5.73 Å². The van der Waals surface area contributed by atoms with Gasteiger partial charge in [0, 0.05) is 25.1 Å². The van der Waals surface area contributed by atoms with E-state index in [1.54, 1.807) is 0 Å². The first-order valence-corrected chi connectivity index (χ1v) is 6.83. The van der Waals surface area contributed by atoms with Gasteiger partial charge in [-0.15, -0.1) is 0 Å². The zero-order valence-electron chi connectivity index (χ0n) is 11.3. The second kappa shape index (κ2) is 6.00. The molecular formula is C13H23N5. The quantitative estimate of drug-likeness (QED) is 0.769. The van der Waals surface area contributed by atoms with E-state index in [1.807, 2.05) is 6.07 Å². The maximum absolute atomic E-state index is 5.81. The van der Waals surface area contributed by atoms with Crippen molar-refractivity contribution in [3.8, 4) is 0 Å². The molecule has 1 heterocycles. The van der Waals surface area contributed by atoms with Crippen molar-refractivity contribution in [1.29, 1.82) is 0 Å². The van der Waals surface area contributed by atoms with Crippen LogP contribution in [0.5, 0.6) is 0 Å². The Kier molecular flexibility index (Phi) is 4.36. The molecule has 1 aromatic rings. The molecule has 0 bridgehead atoms. The molecule has 0 unspecified atom stereocenters. The fourth-order valence-corrected chi connectivity index (χ4v) is 1.98. The lowest BCUT2D eigenvalue weighted by Gasteiger charge is -2.18. The Morgan fingerprint density at radius 2 is 2.06 bits per heavy atom. The molecule has 2 rings (SSSR count). The third kappa shape index (κ3) is 3.57. The van der Waals surface area contributed by atoms with Crippen molar-refractivity contribution in [3.05, 3.63) is 11.9 Å². The van der Waals surface area contributed by atoms with Crippen LogP contribution in [0.2, 0.25) is 0 Å². The molecule has 0 aromatic carbocycles. The van der Waals surface area contributed by atoms with Crippen molar-refractivity contribution in [2.24, 2.45) is 0 Å². The topological polar surface area (TPSA) is 67.1 Å². The molecule has 0 radical (unpaired) electrons. The summed E-state index contributed by atoms with van der Waals surface area (Å²) in [5, 5.41) is 3.33. The number of anilines is 2. The van der Waals surface area contributed by atoms with Gasteiger partial charge < -0.3 is 16.0 Å². The van der Waals surface area contributed by atoms with Gasteiger partial charge in [-0.25, -0.2) is 9.97 Å². The normalized spacial score (nSPS) is 15.1. The van der Waals surface area contributed by atoms with Crippen LogP contribution >= 0.6 is 0 Å². The van der Waals surface area contributed by atoms with Gasteiger partial charge in [0.2, 0.25) is 0 Å². The number of nitrogens with one attached hydrogen (secondary N) is 1. The van der Waals surface area contributed by atoms with Crippen molar-refractivity contribution in [1.82, 2.24) is 14.9 Å². The van der Waals surface area contributed by atoms with Crippen molar-refractivity contribution in [2.45, 2.75) is 32.6 Å². The smallest absolute Gasteiger partial charge is 0.136 e. The second-order valence-corrected chi connectivity index (χ2v) is 4.76. The minimum atomic E-state index is 0.539. The maximum atomic E-state index is 5.81. The highest BCUT2D eigenvalue weighted by atomic mass is 15.1. The Hall–Kier alpha value is -1.36. The predicted octanol–water partition coefficient (Wildman–Crippen LogP) is 1.69. The van der Waals surface area contributed by atoms with Crippen LogP contribution in [-0.4, -0.2) is 41.0 Å². The average molecular weight is 249 g/mol. The first kappa shape index (κ1) is 13.1. The van der Waals surface area contributed by atoms with Crippen molar-refractivity contribution >= 4 is 11.6 Å². The van der Waals surface area contributed by atoms with Crippen LogP contribution < -0.4 is 11.1 Å². The summed E-state index contributed by atoms with van der Waals surface area (Å²) in [6.07, 6.45) is 2.39. The van der Waals surface area contributed by atoms with E-state index in [9.17, 15) is 0 Å². The van der Waals surface area contributed by atoms with E-state index in [1.165, 1.54) is 12.8 Å². The van der Waals surface area contributed by atoms with Crippen LogP contribution in [-0.2, 0) is 0 Å². The summed E-state index contributed by atoms with van der Waals surface area (Å²) in [4.78, 5) is 11.2. The lowest BCUT2D eigenvalue weighted by Crippen LogP contribution is -2.28. The molecule has 1 fully saturated rings. The summed E-state index contributed by atoms with van der Waals surface area (Å²) >= 11 is 0. The SMILES string of the molecule is CCN(CC)CCNc1cc(N)nc(C2CC2)n1. The number of rotatable bonds is 7. The highest BCUT2D eigenvalue weighted by molar-refractivity contribution is 5.45. The first-order chi connectivity index (χ1) is 8.72. The first-order valence-electron chi connectivity index (χ1n) is 6.83. The summed E-state index contributed by atoms with van der Waals surface area (Å²) in [7, 11) is 0. The predicted molar refractivity (Wildman–Crippen MR) is 74.7 cm³/mol. The van der Waals surface area contributed by atoms with E-state index in [0.717, 1.165) is 37.8 Å². The highest BCUT2D eigenvalue weighted by Gasteiger charge is 2.27. The van der Waals surface area contributed by atoms with Crippen LogP contribution in [0.25, 0.3) is 0 Å². The van der Waals surface area contributed by atoms with Crippen LogP contribution in [0.3, 0.4) is 0 Å². The molecule has 1 aromatic heterocycles. The fourth-order valence-electron chi connectivity index (χ4n) is 1.98. The molecule has 0 atom stereocenters. The number of nitrogen functional groups attached to an aromatic ring is 1. The molecule has 1 aliphatic rings. The standard InChI is InChI=1S/C13H23N5/c1-3-18(4-2)8-7-15-12-9-11(14)16-13(17-12)10-5-6-10/h9-10H,3-8H2,1-2H3,(H3,14,15,16,17). The number of likely N-dealkylation sites (N-methyl/N-ethyl adjacent to an activating group) is 1. The Morgan fingerprint density at radius 1 is 1.33 bits per heavy atom. The summed E-state index contributed by atoms with van der Waals surface area (Å²) in [5.41, 5.74) is 5.81. The van der Waals surface area contributed by atoms with Gasteiger partial charge in [0.05, 0.1) is 0 Å². The largest absolute Gasteiger partial charge is 0.384 e. The second-order valence-electron chi connectivity index (χ2n) is 4.76. The lowest BCUT2D eigenvalue weighted by atomic mass is 10.3. The molecule has 5 heteroatoms. The molecule has 0 spiro atoms. The van der Waals surface area contributed by atoms with E-state index in [2.05, 4.69) is 34.0 Å². The number of aromatic nitrogens is 2. The summed E-state index contributed by atoms with van der Waals surface area (Å²) in [6, 6.07) is 1.81. The highest BCUT2D eigenvalue weighted by Crippen LogP contribution is 2.38. The fraction of sp³-hybridized carbons (Fsp3) is 0.692. The van der Waals surface area contributed by atoms with Gasteiger partial charge in [-0.1, -0.05) is 13.8 Å². The van der Waals surface area contributed by atoms with Gasteiger partial charge in [0.1, 0.15) is 17.5 Å². The number of nitrogens with two attached hydrogens (primary N) is 1. The minimum absolute atomic E-state index is 0.539. The van der Waals surface area contributed by atoms with Crippen LogP contribution in [0, 0.1) is 0 Å². The summed E-state index contributed by atoms with van der Waals surface area (Å²) < 4.78 is 0. The molecule has 5 nitrogen and oxygen atoms in total. The van der Waals surface area contributed by atoms with E-state index >= 15 is 0 Å². The lowest BCUT2D eigenvalue weighted by molar-refractivity contribution is 0.316. The Labute approximate surface area is 109 Å². The summed E-state index contributed by atoms with van der Waals surface area (Å²) in [5.74, 6) is 2.87. The van der Waals surface area contributed by atoms with Crippen molar-refractivity contribution in [3.63, 3.8) is 0 Å². The average Bonchev–Trinajstić information content (AvgIpc) is 3.18. The van der Waals surface area contributed by atoms with Gasteiger partial charge in [0.25, 0.3) is 0 Å². The minimum Gasteiger partial charge on any atom is -0.384 e. The number of nitrogens with zero attached hydrogens (tertiary/aromatic N) is 3. The summed E-state index contributed by atoms with van der Waals surface area (Å²) in [6.45, 7) is 8.43. The van der Waals surface area contributed by atoms with Gasteiger partial charge in [-0.3, -0.25) is 0 Å². The molecule has 3 N–H and O–H groups in total. The zero-order chi connectivity index (χ0) is 13.0. The molecule has 18 heavy (non-hydrogen) atoms. The van der Waals surface area contributed by atoms with Gasteiger partial charge in [0.15, 0.2) is 0 Å².